The predicted octanol–water partition coefficient (Wildman–Crippen LogP) is 5.48. The highest BCUT2D eigenvalue weighted by Gasteiger charge is 2.50. The van der Waals surface area contributed by atoms with Gasteiger partial charge in [-0.1, -0.05) is 58.4 Å². The van der Waals surface area contributed by atoms with Gasteiger partial charge in [-0.25, -0.2) is 0 Å². The van der Waals surface area contributed by atoms with Gasteiger partial charge in [-0.05, 0) is 73.2 Å². The number of hydrogen-bond acceptors (Lipinski definition) is 2. The van der Waals surface area contributed by atoms with Gasteiger partial charge in [0.1, 0.15) is 0 Å². The molecule has 3 aromatic rings. The van der Waals surface area contributed by atoms with E-state index in [1.165, 1.54) is 5.56 Å². The molecule has 5 heteroatoms. The Morgan fingerprint density at radius 2 is 1.55 bits per heavy atom. The van der Waals surface area contributed by atoms with Gasteiger partial charge >= 0.3 is 0 Å². The van der Waals surface area contributed by atoms with Crippen molar-refractivity contribution in [1.82, 2.24) is 5.32 Å². The molecule has 0 aliphatic heterocycles. The normalized spacial score (nSPS) is 14.0. The van der Waals surface area contributed by atoms with Crippen molar-refractivity contribution in [3.05, 3.63) is 100 Å². The van der Waals surface area contributed by atoms with Crippen LogP contribution in [0.2, 0.25) is 0 Å². The van der Waals surface area contributed by atoms with Gasteiger partial charge in [-0.2, -0.15) is 0 Å². The Morgan fingerprint density at radius 1 is 0.871 bits per heavy atom. The van der Waals surface area contributed by atoms with Crippen LogP contribution in [0.15, 0.2) is 83.3 Å². The second-order valence-corrected chi connectivity index (χ2v) is 8.88. The Hall–Kier alpha value is -2.92. The third-order valence-electron chi connectivity index (χ3n) is 5.76. The molecule has 0 atom stereocenters. The summed E-state index contributed by atoms with van der Waals surface area (Å²) in [4.78, 5) is 25.2. The van der Waals surface area contributed by atoms with Crippen LogP contribution in [0.4, 0.5) is 5.69 Å². The van der Waals surface area contributed by atoms with Crippen molar-refractivity contribution in [3.63, 3.8) is 0 Å². The zero-order valence-corrected chi connectivity index (χ0v) is 18.8. The molecule has 0 saturated heterocycles. The lowest BCUT2D eigenvalue weighted by atomic mass is 9.94. The number of halogens is 1. The second kappa shape index (κ2) is 9.48. The first-order chi connectivity index (χ1) is 15.1. The van der Waals surface area contributed by atoms with E-state index in [2.05, 4.69) is 38.7 Å². The average molecular weight is 477 g/mol. The van der Waals surface area contributed by atoms with Gasteiger partial charge in [-0.15, -0.1) is 0 Å². The van der Waals surface area contributed by atoms with Crippen LogP contribution in [0.25, 0.3) is 0 Å². The first kappa shape index (κ1) is 21.3. The second-order valence-electron chi connectivity index (χ2n) is 7.97. The highest BCUT2D eigenvalue weighted by molar-refractivity contribution is 9.10. The third kappa shape index (κ3) is 5.23. The van der Waals surface area contributed by atoms with Crippen molar-refractivity contribution in [2.45, 2.75) is 31.1 Å². The minimum atomic E-state index is -0.416. The topological polar surface area (TPSA) is 58.2 Å². The van der Waals surface area contributed by atoms with E-state index < -0.39 is 5.41 Å². The number of carbonyl (C=O) groups excluding carboxylic acids is 2. The van der Waals surface area contributed by atoms with E-state index in [9.17, 15) is 9.59 Å². The number of carbonyl (C=O) groups is 2. The zero-order valence-electron chi connectivity index (χ0n) is 17.2. The molecule has 0 bridgehead atoms. The lowest BCUT2D eigenvalue weighted by molar-refractivity contribution is -0.123. The van der Waals surface area contributed by atoms with Gasteiger partial charge in [0.05, 0.1) is 5.41 Å². The van der Waals surface area contributed by atoms with Crippen molar-refractivity contribution >= 4 is 33.4 Å². The largest absolute Gasteiger partial charge is 0.355 e. The molecular weight excluding hydrogens is 452 g/mol. The van der Waals surface area contributed by atoms with Crippen LogP contribution < -0.4 is 10.6 Å². The molecule has 31 heavy (non-hydrogen) atoms. The fourth-order valence-corrected chi connectivity index (χ4v) is 4.02. The molecule has 0 unspecified atom stereocenters. The number of hydrogen-bond donors (Lipinski definition) is 2. The maximum absolute atomic E-state index is 12.8. The Bertz CT molecular complexity index is 1040. The molecule has 158 valence electrons. The average Bonchev–Trinajstić information content (AvgIpc) is 3.60. The van der Waals surface area contributed by atoms with Gasteiger partial charge in [0.15, 0.2) is 0 Å². The van der Waals surface area contributed by atoms with E-state index in [0.29, 0.717) is 12.1 Å². The standard InChI is InChI=1S/C26H25BrN2O2/c27-22-12-8-20(9-13-22)24(30)29-23-14-10-21(11-15-23)26(16-17-26)25(31)28-18-4-7-19-5-2-1-3-6-19/h1-3,5-6,8-15H,4,7,16-18H2,(H,28,31)(H,29,30). The SMILES string of the molecule is O=C(Nc1ccc(C2(C(=O)NCCCc3ccccc3)CC2)cc1)c1ccc(Br)cc1. The Labute approximate surface area is 191 Å². The quantitative estimate of drug-likeness (QED) is 0.422. The molecule has 2 N–H and O–H groups in total. The van der Waals surface area contributed by atoms with Crippen molar-refractivity contribution in [2.75, 3.05) is 11.9 Å². The van der Waals surface area contributed by atoms with Gasteiger partial charge < -0.3 is 10.6 Å². The maximum atomic E-state index is 12.8. The van der Waals surface area contributed by atoms with E-state index in [4.69, 9.17) is 0 Å². The fraction of sp³-hybridized carbons (Fsp3) is 0.231. The van der Waals surface area contributed by atoms with Crippen LogP contribution in [0, 0.1) is 0 Å². The summed E-state index contributed by atoms with van der Waals surface area (Å²) in [5, 5.41) is 6.02. The van der Waals surface area contributed by atoms with Crippen molar-refractivity contribution in [1.29, 1.82) is 0 Å². The first-order valence-electron chi connectivity index (χ1n) is 10.6. The van der Waals surface area contributed by atoms with Crippen LogP contribution in [0.1, 0.15) is 40.7 Å². The lowest BCUT2D eigenvalue weighted by Crippen LogP contribution is -2.35. The summed E-state index contributed by atoms with van der Waals surface area (Å²) >= 11 is 3.37. The highest BCUT2D eigenvalue weighted by atomic mass is 79.9. The van der Waals surface area contributed by atoms with Crippen LogP contribution in [-0.2, 0) is 16.6 Å². The van der Waals surface area contributed by atoms with Crippen LogP contribution >= 0.6 is 15.9 Å². The van der Waals surface area contributed by atoms with Gasteiger partial charge in [0, 0.05) is 22.3 Å². The molecule has 1 saturated carbocycles. The number of amides is 2. The Balaban J connectivity index is 1.30. The molecule has 3 aromatic carbocycles. The molecule has 2 amide bonds. The van der Waals surface area contributed by atoms with Crippen molar-refractivity contribution in [3.8, 4) is 0 Å². The van der Waals surface area contributed by atoms with Crippen molar-refractivity contribution < 1.29 is 9.59 Å². The van der Waals surface area contributed by atoms with Crippen LogP contribution in [0.3, 0.4) is 0 Å². The molecule has 4 rings (SSSR count). The van der Waals surface area contributed by atoms with Gasteiger partial charge in [0.2, 0.25) is 5.91 Å². The summed E-state index contributed by atoms with van der Waals surface area (Å²) in [6, 6.07) is 25.2. The highest BCUT2D eigenvalue weighted by Crippen LogP contribution is 2.48. The number of nitrogens with one attached hydrogen (secondary N) is 2. The van der Waals surface area contributed by atoms with E-state index >= 15 is 0 Å². The number of rotatable bonds is 8. The molecule has 1 fully saturated rings. The summed E-state index contributed by atoms with van der Waals surface area (Å²) in [7, 11) is 0. The molecule has 4 nitrogen and oxygen atoms in total. The summed E-state index contributed by atoms with van der Waals surface area (Å²) < 4.78 is 0.932. The summed E-state index contributed by atoms with van der Waals surface area (Å²) in [5.74, 6) is -0.0512. The van der Waals surface area contributed by atoms with Crippen molar-refractivity contribution in [2.24, 2.45) is 0 Å². The molecular formula is C26H25BrN2O2. The monoisotopic (exact) mass is 476 g/mol. The van der Waals surface area contributed by atoms with E-state index in [-0.39, 0.29) is 11.8 Å². The number of anilines is 1. The van der Waals surface area contributed by atoms with E-state index in [1.807, 2.05) is 54.6 Å². The number of aryl methyl sites for hydroxylation is 1. The summed E-state index contributed by atoms with van der Waals surface area (Å²) in [5.41, 5.74) is 3.20. The predicted molar refractivity (Wildman–Crippen MR) is 127 cm³/mol. The van der Waals surface area contributed by atoms with Gasteiger partial charge in [0.25, 0.3) is 5.91 Å². The Morgan fingerprint density at radius 3 is 2.19 bits per heavy atom. The minimum absolute atomic E-state index is 0.104. The molecule has 0 aromatic heterocycles. The first-order valence-corrected chi connectivity index (χ1v) is 11.4. The van der Waals surface area contributed by atoms with Crippen LogP contribution in [-0.4, -0.2) is 18.4 Å². The number of benzene rings is 3. The van der Waals surface area contributed by atoms with Gasteiger partial charge in [-0.3, -0.25) is 9.59 Å². The molecule has 0 spiro atoms. The van der Waals surface area contributed by atoms with Crippen LogP contribution in [0.5, 0.6) is 0 Å². The Kier molecular flexibility index (Phi) is 6.52. The zero-order chi connectivity index (χ0) is 21.7. The molecule has 1 aliphatic rings. The van der Waals surface area contributed by atoms with E-state index in [0.717, 1.165) is 41.4 Å². The fourth-order valence-electron chi connectivity index (χ4n) is 3.76. The molecule has 1 aliphatic carbocycles. The maximum Gasteiger partial charge on any atom is 0.255 e. The summed E-state index contributed by atoms with van der Waals surface area (Å²) in [6.07, 6.45) is 3.61. The molecule has 0 radical (unpaired) electrons. The smallest absolute Gasteiger partial charge is 0.255 e. The summed E-state index contributed by atoms with van der Waals surface area (Å²) in [6.45, 7) is 0.677. The lowest BCUT2D eigenvalue weighted by Gasteiger charge is -2.16. The molecule has 0 heterocycles. The van der Waals surface area contributed by atoms with E-state index in [1.54, 1.807) is 12.1 Å². The third-order valence-corrected chi connectivity index (χ3v) is 6.29. The minimum Gasteiger partial charge on any atom is -0.355 e.